The molecule has 1 aliphatic rings. The van der Waals surface area contributed by atoms with E-state index >= 15 is 0 Å². The van der Waals surface area contributed by atoms with E-state index < -0.39 is 10.0 Å². The summed E-state index contributed by atoms with van der Waals surface area (Å²) in [5.74, 6) is 0.936. The van der Waals surface area contributed by atoms with E-state index in [-0.39, 0.29) is 39.8 Å². The number of nitrogens with zero attached hydrogens (tertiary/aromatic N) is 3. The highest BCUT2D eigenvalue weighted by molar-refractivity contribution is 7.89. The monoisotopic (exact) mass is 546 g/mol. The summed E-state index contributed by atoms with van der Waals surface area (Å²) in [5, 5.41) is 3.45. The number of rotatable bonds is 10. The molecule has 0 atom stereocenters. The van der Waals surface area contributed by atoms with E-state index in [1.807, 2.05) is 24.3 Å². The van der Waals surface area contributed by atoms with Crippen molar-refractivity contribution >= 4 is 57.4 Å². The summed E-state index contributed by atoms with van der Waals surface area (Å²) in [5.41, 5.74) is 2.14. The Morgan fingerprint density at radius 2 is 1.79 bits per heavy atom. The minimum atomic E-state index is -3.77. The number of nitrogens with one attached hydrogen (secondary N) is 1. The molecule has 0 fully saturated rings. The predicted octanol–water partition coefficient (Wildman–Crippen LogP) is 3.87. The van der Waals surface area contributed by atoms with Gasteiger partial charge in [-0.05, 0) is 30.5 Å². The van der Waals surface area contributed by atoms with Crippen LogP contribution >= 0.6 is 35.6 Å². The molecule has 1 N–H and O–H groups in total. The summed E-state index contributed by atoms with van der Waals surface area (Å²) in [7, 11) is -0.541. The number of benzene rings is 2. The average Bonchev–Trinajstić information content (AvgIpc) is 3.34. The Balaban J connectivity index is 0.00000408. The molecule has 0 spiro atoms. The fourth-order valence-corrected chi connectivity index (χ4v) is 5.43. The summed E-state index contributed by atoms with van der Waals surface area (Å²) in [4.78, 5) is 18.5. The molecule has 1 amide bonds. The van der Waals surface area contributed by atoms with Crippen LogP contribution in [-0.2, 0) is 21.2 Å². The number of aryl methyl sites for hydroxylation is 1. The Kier molecular flexibility index (Phi) is 10.6. The number of hydrogen-bond donors (Lipinski definition) is 1. The zero-order valence-electron chi connectivity index (χ0n) is 19.1. The van der Waals surface area contributed by atoms with Gasteiger partial charge in [0.05, 0.1) is 16.6 Å². The number of hydrogen-bond acceptors (Lipinski definition) is 5. The number of carbonyl (C=O) groups is 1. The first kappa shape index (κ1) is 28.4. The summed E-state index contributed by atoms with van der Waals surface area (Å²) < 4.78 is 26.8. The van der Waals surface area contributed by atoms with Gasteiger partial charge in [0.15, 0.2) is 0 Å². The molecule has 0 radical (unpaired) electrons. The van der Waals surface area contributed by atoms with Gasteiger partial charge in [0.25, 0.3) is 0 Å². The highest BCUT2D eigenvalue weighted by atomic mass is 35.5. The minimum Gasteiger partial charge on any atom is -0.368 e. The van der Waals surface area contributed by atoms with Crippen LogP contribution in [0.2, 0.25) is 10.0 Å². The van der Waals surface area contributed by atoms with Crippen LogP contribution in [0.4, 0.5) is 0 Å². The summed E-state index contributed by atoms with van der Waals surface area (Å²) in [6.45, 7) is 2.37. The Labute approximate surface area is 217 Å². The molecule has 0 aromatic heterocycles. The second kappa shape index (κ2) is 12.7. The van der Waals surface area contributed by atoms with Crippen molar-refractivity contribution in [3.8, 4) is 0 Å². The number of carbonyl (C=O) groups excluding carboxylic acids is 1. The third kappa shape index (κ3) is 7.09. The Bertz CT molecular complexity index is 1120. The second-order valence-electron chi connectivity index (χ2n) is 7.90. The second-order valence-corrected chi connectivity index (χ2v) is 10.7. The van der Waals surface area contributed by atoms with Crippen LogP contribution in [0.25, 0.3) is 0 Å². The molecule has 2 aromatic carbocycles. The minimum absolute atomic E-state index is 0. The molecule has 1 aliphatic heterocycles. The van der Waals surface area contributed by atoms with E-state index in [1.165, 1.54) is 17.4 Å². The van der Waals surface area contributed by atoms with Crippen LogP contribution in [-0.4, -0.2) is 69.6 Å². The lowest BCUT2D eigenvalue weighted by Crippen LogP contribution is -2.33. The molecule has 11 heteroatoms. The summed E-state index contributed by atoms with van der Waals surface area (Å²) in [6.07, 6.45) is 1.53. The van der Waals surface area contributed by atoms with Crippen LogP contribution in [0.5, 0.6) is 0 Å². The van der Waals surface area contributed by atoms with Crippen molar-refractivity contribution in [3.05, 3.63) is 63.6 Å². The largest absolute Gasteiger partial charge is 0.368 e. The Morgan fingerprint density at radius 3 is 2.44 bits per heavy atom. The van der Waals surface area contributed by atoms with Crippen LogP contribution in [0, 0.1) is 0 Å². The van der Waals surface area contributed by atoms with Crippen LogP contribution in [0.15, 0.2) is 52.4 Å². The third-order valence-corrected chi connectivity index (χ3v) is 8.36. The first-order valence-corrected chi connectivity index (χ1v) is 12.9. The van der Waals surface area contributed by atoms with Crippen molar-refractivity contribution in [2.24, 2.45) is 4.99 Å². The molecular formula is C23H29Cl3N4O3S. The lowest BCUT2D eigenvalue weighted by atomic mass is 10.1. The van der Waals surface area contributed by atoms with E-state index in [0.29, 0.717) is 25.8 Å². The fraction of sp³-hybridized carbons (Fsp3) is 0.391. The molecule has 7 nitrogen and oxygen atoms in total. The van der Waals surface area contributed by atoms with Gasteiger partial charge in [0.2, 0.25) is 15.9 Å². The Morgan fingerprint density at radius 1 is 1.09 bits per heavy atom. The van der Waals surface area contributed by atoms with Crippen molar-refractivity contribution in [2.75, 3.05) is 40.3 Å². The van der Waals surface area contributed by atoms with E-state index in [9.17, 15) is 13.2 Å². The van der Waals surface area contributed by atoms with E-state index in [2.05, 4.69) is 10.3 Å². The van der Waals surface area contributed by atoms with Gasteiger partial charge >= 0.3 is 0 Å². The average molecular weight is 548 g/mol. The molecular weight excluding hydrogens is 519 g/mol. The lowest BCUT2D eigenvalue weighted by Gasteiger charge is -2.21. The van der Waals surface area contributed by atoms with Gasteiger partial charge in [-0.25, -0.2) is 12.7 Å². The van der Waals surface area contributed by atoms with Crippen molar-refractivity contribution in [3.63, 3.8) is 0 Å². The zero-order chi connectivity index (χ0) is 24.0. The molecule has 34 heavy (non-hydrogen) atoms. The van der Waals surface area contributed by atoms with Crippen LogP contribution in [0.3, 0.4) is 0 Å². The predicted molar refractivity (Wildman–Crippen MR) is 140 cm³/mol. The number of amides is 1. The summed E-state index contributed by atoms with van der Waals surface area (Å²) >= 11 is 12.0. The van der Waals surface area contributed by atoms with Crippen molar-refractivity contribution in [1.29, 1.82) is 0 Å². The SMILES string of the molecule is CN(CCCN(C)S(=O)(=O)c1cccc(Cl)c1Cl)C(=O)CCc1ccc(C2=NCCN2)cc1.Cl. The molecule has 0 unspecified atom stereocenters. The number of halogens is 3. The van der Waals surface area contributed by atoms with Gasteiger partial charge in [-0.3, -0.25) is 9.79 Å². The Hall–Kier alpha value is -1.84. The molecule has 0 aliphatic carbocycles. The van der Waals surface area contributed by atoms with Crippen molar-refractivity contribution < 1.29 is 13.2 Å². The fourth-order valence-electron chi connectivity index (χ4n) is 3.49. The van der Waals surface area contributed by atoms with Crippen molar-refractivity contribution in [2.45, 2.75) is 24.2 Å². The molecule has 0 saturated carbocycles. The molecule has 186 valence electrons. The maximum absolute atomic E-state index is 12.8. The third-order valence-electron chi connectivity index (χ3n) is 5.53. The van der Waals surface area contributed by atoms with Gasteiger partial charge in [-0.15, -0.1) is 12.4 Å². The quantitative estimate of drug-likeness (QED) is 0.490. The highest BCUT2D eigenvalue weighted by Crippen LogP contribution is 2.30. The van der Waals surface area contributed by atoms with Crippen molar-refractivity contribution in [1.82, 2.24) is 14.5 Å². The molecule has 0 bridgehead atoms. The van der Waals surface area contributed by atoms with Gasteiger partial charge < -0.3 is 10.2 Å². The van der Waals surface area contributed by atoms with Gasteiger partial charge in [-0.2, -0.15) is 0 Å². The smallest absolute Gasteiger partial charge is 0.244 e. The number of aliphatic imine (C=N–C) groups is 1. The van der Waals surface area contributed by atoms with Crippen LogP contribution < -0.4 is 5.32 Å². The number of amidine groups is 1. The normalized spacial score (nSPS) is 13.3. The standard InChI is InChI=1S/C23H28Cl2N4O3S.ClH/c1-28(15-4-16-29(2)33(31,32)20-6-3-5-19(24)22(20)25)21(30)12-9-17-7-10-18(11-8-17)23-26-13-14-27-23;/h3,5-8,10-11H,4,9,12-16H2,1-2H3,(H,26,27);1H. The molecule has 1 heterocycles. The zero-order valence-corrected chi connectivity index (χ0v) is 22.3. The summed E-state index contributed by atoms with van der Waals surface area (Å²) in [6, 6.07) is 12.6. The molecule has 3 rings (SSSR count). The maximum atomic E-state index is 12.8. The van der Waals surface area contributed by atoms with Crippen LogP contribution in [0.1, 0.15) is 24.0 Å². The van der Waals surface area contributed by atoms with Gasteiger partial charge in [0.1, 0.15) is 10.7 Å². The van der Waals surface area contributed by atoms with E-state index in [1.54, 1.807) is 24.1 Å². The lowest BCUT2D eigenvalue weighted by molar-refractivity contribution is -0.129. The van der Waals surface area contributed by atoms with Gasteiger partial charge in [0, 0.05) is 45.7 Å². The van der Waals surface area contributed by atoms with E-state index in [0.717, 1.165) is 30.1 Å². The topological polar surface area (TPSA) is 82.1 Å². The number of sulfonamides is 1. The van der Waals surface area contributed by atoms with Gasteiger partial charge in [-0.1, -0.05) is 53.5 Å². The van der Waals surface area contributed by atoms with E-state index in [4.69, 9.17) is 23.2 Å². The maximum Gasteiger partial charge on any atom is 0.244 e. The first-order chi connectivity index (χ1) is 15.7. The first-order valence-electron chi connectivity index (χ1n) is 10.7. The molecule has 2 aromatic rings. The highest BCUT2D eigenvalue weighted by Gasteiger charge is 2.24. The molecule has 0 saturated heterocycles.